The third-order valence-corrected chi connectivity index (χ3v) is 2.74. The van der Waals surface area contributed by atoms with Crippen LogP contribution in [-0.2, 0) is 6.54 Å². The Morgan fingerprint density at radius 2 is 2.05 bits per heavy atom. The number of nitrogens with zero attached hydrogens (tertiary/aromatic N) is 2. The normalized spacial score (nSPS) is 10.9. The Kier molecular flexibility index (Phi) is 4.76. The molecule has 2 aromatic rings. The maximum absolute atomic E-state index is 6.03. The molecule has 6 heteroatoms. The molecule has 0 bridgehead atoms. The number of benzene rings is 1. The van der Waals surface area contributed by atoms with E-state index < -0.39 is 0 Å². The summed E-state index contributed by atoms with van der Waals surface area (Å²) in [5.74, 6) is 1.14. The summed E-state index contributed by atoms with van der Waals surface area (Å²) in [6.45, 7) is 5.77. The van der Waals surface area contributed by atoms with E-state index in [2.05, 4.69) is 34.7 Å². The van der Waals surface area contributed by atoms with Gasteiger partial charge in [-0.05, 0) is 24.6 Å². The molecule has 0 fully saturated rings. The largest absolute Gasteiger partial charge is 0.406 e. The van der Waals surface area contributed by atoms with Crippen LogP contribution in [0.3, 0.4) is 0 Å². The van der Waals surface area contributed by atoms with E-state index in [9.17, 15) is 0 Å². The van der Waals surface area contributed by atoms with E-state index in [-0.39, 0.29) is 0 Å². The van der Waals surface area contributed by atoms with Gasteiger partial charge in [-0.15, -0.1) is 5.10 Å². The summed E-state index contributed by atoms with van der Waals surface area (Å²) >= 11 is 6.03. The predicted molar refractivity (Wildman–Crippen MR) is 75.6 cm³/mol. The highest BCUT2D eigenvalue weighted by molar-refractivity contribution is 6.33. The molecule has 102 valence electrons. The van der Waals surface area contributed by atoms with Gasteiger partial charge in [0.2, 0.25) is 5.89 Å². The second-order valence-electron chi connectivity index (χ2n) is 4.63. The van der Waals surface area contributed by atoms with Gasteiger partial charge in [0.1, 0.15) is 0 Å². The van der Waals surface area contributed by atoms with Gasteiger partial charge in [0.05, 0.1) is 17.3 Å². The van der Waals surface area contributed by atoms with Crippen LogP contribution >= 0.6 is 11.6 Å². The molecule has 19 heavy (non-hydrogen) atoms. The topological polar surface area (TPSA) is 63.0 Å². The summed E-state index contributed by atoms with van der Waals surface area (Å²) in [6, 6.07) is 7.74. The number of nitrogens with one attached hydrogen (secondary N) is 2. The molecule has 0 saturated carbocycles. The van der Waals surface area contributed by atoms with Crippen LogP contribution in [0.15, 0.2) is 28.7 Å². The second kappa shape index (κ2) is 6.54. The Bertz CT molecular complexity index is 527. The van der Waals surface area contributed by atoms with E-state index in [0.717, 1.165) is 12.2 Å². The average molecular weight is 281 g/mol. The summed E-state index contributed by atoms with van der Waals surface area (Å²) < 4.78 is 5.47. The zero-order chi connectivity index (χ0) is 13.7. The first kappa shape index (κ1) is 13.8. The molecule has 0 aliphatic rings. The maximum Gasteiger partial charge on any atom is 0.320 e. The van der Waals surface area contributed by atoms with E-state index >= 15 is 0 Å². The van der Waals surface area contributed by atoms with Crippen LogP contribution in [-0.4, -0.2) is 16.7 Å². The third kappa shape index (κ3) is 4.22. The SMILES string of the molecule is CC(C)CNCc1nnc(Nc2ccccc2Cl)o1. The Labute approximate surface area is 117 Å². The molecule has 0 saturated heterocycles. The van der Waals surface area contributed by atoms with Crippen molar-refractivity contribution < 1.29 is 4.42 Å². The van der Waals surface area contributed by atoms with Crippen molar-refractivity contribution in [3.05, 3.63) is 35.2 Å². The standard InChI is InChI=1S/C13H17ClN4O/c1-9(2)7-15-8-12-17-18-13(19-12)16-11-6-4-3-5-10(11)14/h3-6,9,15H,7-8H2,1-2H3,(H,16,18). The van der Waals surface area contributed by atoms with Gasteiger partial charge in [0, 0.05) is 0 Å². The molecule has 1 heterocycles. The molecule has 0 radical (unpaired) electrons. The molecule has 0 spiro atoms. The van der Waals surface area contributed by atoms with Gasteiger partial charge in [0.15, 0.2) is 0 Å². The van der Waals surface area contributed by atoms with Crippen LogP contribution in [0.5, 0.6) is 0 Å². The van der Waals surface area contributed by atoms with E-state index in [0.29, 0.717) is 29.4 Å². The Balaban J connectivity index is 1.92. The van der Waals surface area contributed by atoms with E-state index in [1.165, 1.54) is 0 Å². The number of para-hydroxylation sites is 1. The first-order chi connectivity index (χ1) is 9.15. The summed E-state index contributed by atoms with van der Waals surface area (Å²) in [4.78, 5) is 0. The maximum atomic E-state index is 6.03. The van der Waals surface area contributed by atoms with Gasteiger partial charge < -0.3 is 15.1 Å². The zero-order valence-corrected chi connectivity index (χ0v) is 11.7. The van der Waals surface area contributed by atoms with Crippen molar-refractivity contribution in [3.8, 4) is 0 Å². The molecule has 2 N–H and O–H groups in total. The van der Waals surface area contributed by atoms with E-state index in [1.807, 2.05) is 18.2 Å². The second-order valence-corrected chi connectivity index (χ2v) is 5.04. The van der Waals surface area contributed by atoms with Crippen molar-refractivity contribution in [3.63, 3.8) is 0 Å². The number of aromatic nitrogens is 2. The summed E-state index contributed by atoms with van der Waals surface area (Å²) in [6.07, 6.45) is 0. The minimum atomic E-state index is 0.342. The summed E-state index contributed by atoms with van der Waals surface area (Å²) in [5, 5.41) is 14.7. The Morgan fingerprint density at radius 3 is 2.79 bits per heavy atom. The molecule has 0 amide bonds. The van der Waals surface area contributed by atoms with E-state index in [4.69, 9.17) is 16.0 Å². The van der Waals surface area contributed by atoms with Crippen LogP contribution in [0.25, 0.3) is 0 Å². The number of halogens is 1. The molecular weight excluding hydrogens is 264 g/mol. The number of hydrogen-bond acceptors (Lipinski definition) is 5. The Hall–Kier alpha value is -1.59. The molecule has 2 rings (SSSR count). The smallest absolute Gasteiger partial charge is 0.320 e. The number of hydrogen-bond donors (Lipinski definition) is 2. The van der Waals surface area contributed by atoms with Gasteiger partial charge >= 0.3 is 6.01 Å². The van der Waals surface area contributed by atoms with Crippen LogP contribution < -0.4 is 10.6 Å². The van der Waals surface area contributed by atoms with Gasteiger partial charge in [-0.25, -0.2) is 0 Å². The monoisotopic (exact) mass is 280 g/mol. The van der Waals surface area contributed by atoms with Crippen molar-refractivity contribution in [1.82, 2.24) is 15.5 Å². The predicted octanol–water partition coefficient (Wildman–Crippen LogP) is 3.21. The van der Waals surface area contributed by atoms with Crippen molar-refractivity contribution in [2.45, 2.75) is 20.4 Å². The summed E-state index contributed by atoms with van der Waals surface area (Å²) in [7, 11) is 0. The third-order valence-electron chi connectivity index (χ3n) is 2.41. The molecule has 5 nitrogen and oxygen atoms in total. The molecular formula is C13H17ClN4O. The Morgan fingerprint density at radius 1 is 1.26 bits per heavy atom. The van der Waals surface area contributed by atoms with E-state index in [1.54, 1.807) is 6.07 Å². The lowest BCUT2D eigenvalue weighted by molar-refractivity contribution is 0.460. The fourth-order valence-corrected chi connectivity index (χ4v) is 1.70. The highest BCUT2D eigenvalue weighted by atomic mass is 35.5. The molecule has 1 aromatic heterocycles. The minimum absolute atomic E-state index is 0.342. The highest BCUT2D eigenvalue weighted by Crippen LogP contribution is 2.23. The van der Waals surface area contributed by atoms with Gasteiger partial charge in [-0.2, -0.15) is 0 Å². The number of rotatable bonds is 6. The first-order valence-corrected chi connectivity index (χ1v) is 6.57. The van der Waals surface area contributed by atoms with Crippen molar-refractivity contribution in [2.75, 3.05) is 11.9 Å². The quantitative estimate of drug-likeness (QED) is 0.851. The van der Waals surface area contributed by atoms with Gasteiger partial charge in [-0.1, -0.05) is 42.7 Å². The molecule has 0 aliphatic carbocycles. The molecule has 0 unspecified atom stereocenters. The fraction of sp³-hybridized carbons (Fsp3) is 0.385. The van der Waals surface area contributed by atoms with Crippen molar-refractivity contribution >= 4 is 23.3 Å². The average Bonchev–Trinajstić information content (AvgIpc) is 2.79. The van der Waals surface area contributed by atoms with Crippen LogP contribution in [0.1, 0.15) is 19.7 Å². The minimum Gasteiger partial charge on any atom is -0.406 e. The highest BCUT2D eigenvalue weighted by Gasteiger charge is 2.07. The van der Waals surface area contributed by atoms with Crippen molar-refractivity contribution in [1.29, 1.82) is 0 Å². The van der Waals surface area contributed by atoms with Gasteiger partial charge in [0.25, 0.3) is 0 Å². The lowest BCUT2D eigenvalue weighted by Crippen LogP contribution is -2.19. The lowest BCUT2D eigenvalue weighted by Gasteiger charge is -2.04. The lowest BCUT2D eigenvalue weighted by atomic mass is 10.2. The molecule has 0 aliphatic heterocycles. The summed E-state index contributed by atoms with van der Waals surface area (Å²) in [5.41, 5.74) is 0.745. The first-order valence-electron chi connectivity index (χ1n) is 6.20. The fourth-order valence-electron chi connectivity index (χ4n) is 1.52. The molecule has 0 atom stereocenters. The number of anilines is 2. The van der Waals surface area contributed by atoms with Crippen molar-refractivity contribution in [2.24, 2.45) is 5.92 Å². The van der Waals surface area contributed by atoms with Crippen LogP contribution in [0, 0.1) is 5.92 Å². The molecule has 1 aromatic carbocycles. The zero-order valence-electron chi connectivity index (χ0n) is 11.0. The van der Waals surface area contributed by atoms with Crippen LogP contribution in [0.2, 0.25) is 5.02 Å². The van der Waals surface area contributed by atoms with Crippen LogP contribution in [0.4, 0.5) is 11.7 Å². The van der Waals surface area contributed by atoms with Gasteiger partial charge in [-0.3, -0.25) is 0 Å².